The molecule has 3 nitrogen and oxygen atoms in total. The summed E-state index contributed by atoms with van der Waals surface area (Å²) in [5, 5.41) is 2.12. The Morgan fingerprint density at radius 3 is 3.10 bits per heavy atom. The highest BCUT2D eigenvalue weighted by molar-refractivity contribution is 8.00. The Hall–Kier alpha value is -1.46. The van der Waals surface area contributed by atoms with Gasteiger partial charge in [0.15, 0.2) is 0 Å². The topological polar surface area (TPSA) is 46.3 Å². The van der Waals surface area contributed by atoms with Gasteiger partial charge in [-0.15, -0.1) is 23.1 Å². The van der Waals surface area contributed by atoms with Crippen molar-refractivity contribution in [3.8, 4) is 0 Å². The first-order valence-electron chi connectivity index (χ1n) is 6.95. The molecule has 1 aromatic heterocycles. The van der Waals surface area contributed by atoms with Crippen molar-refractivity contribution in [1.29, 1.82) is 0 Å². The molecule has 2 aromatic rings. The third-order valence-electron chi connectivity index (χ3n) is 3.71. The summed E-state index contributed by atoms with van der Waals surface area (Å²) in [6.45, 7) is 3.63. The van der Waals surface area contributed by atoms with Gasteiger partial charge in [0.1, 0.15) is 0 Å². The second-order valence-corrected chi connectivity index (χ2v) is 7.27. The largest absolute Gasteiger partial charge is 0.399 e. The van der Waals surface area contributed by atoms with E-state index in [4.69, 9.17) is 5.73 Å². The van der Waals surface area contributed by atoms with E-state index in [-0.39, 0.29) is 5.91 Å². The normalized spacial score (nSPS) is 14.0. The van der Waals surface area contributed by atoms with Crippen LogP contribution in [0.15, 0.2) is 34.5 Å². The second-order valence-electron chi connectivity index (χ2n) is 5.25. The van der Waals surface area contributed by atoms with Crippen LogP contribution < -0.4 is 5.73 Å². The molecule has 21 heavy (non-hydrogen) atoms. The number of fused-ring (bicyclic) bond motifs is 1. The number of rotatable bonds is 3. The van der Waals surface area contributed by atoms with E-state index in [2.05, 4.69) is 11.4 Å². The SMILES string of the molecule is Cc1cc(N)ccc1SCC(=O)N1CCc2sccc2C1. The Bertz CT molecular complexity index is 666. The molecule has 0 saturated carbocycles. The lowest BCUT2D eigenvalue weighted by Gasteiger charge is -2.27. The van der Waals surface area contributed by atoms with E-state index in [0.717, 1.165) is 35.7 Å². The van der Waals surface area contributed by atoms with Crippen molar-refractivity contribution in [2.45, 2.75) is 24.8 Å². The Kier molecular flexibility index (Phi) is 4.22. The van der Waals surface area contributed by atoms with Crippen LogP contribution in [0.1, 0.15) is 16.0 Å². The van der Waals surface area contributed by atoms with E-state index in [9.17, 15) is 4.79 Å². The number of nitrogens with two attached hydrogens (primary N) is 1. The number of aryl methyl sites for hydroxylation is 1. The third-order valence-corrected chi connectivity index (χ3v) is 5.89. The maximum absolute atomic E-state index is 12.4. The average Bonchev–Trinajstić information content (AvgIpc) is 2.93. The molecule has 0 spiro atoms. The van der Waals surface area contributed by atoms with Crippen LogP contribution in [0.4, 0.5) is 5.69 Å². The van der Waals surface area contributed by atoms with E-state index in [0.29, 0.717) is 5.75 Å². The highest BCUT2D eigenvalue weighted by atomic mass is 32.2. The minimum absolute atomic E-state index is 0.216. The molecule has 0 fully saturated rings. The van der Waals surface area contributed by atoms with Gasteiger partial charge in [-0.1, -0.05) is 0 Å². The van der Waals surface area contributed by atoms with Crippen molar-refractivity contribution >= 4 is 34.7 Å². The lowest BCUT2D eigenvalue weighted by molar-refractivity contribution is -0.129. The summed E-state index contributed by atoms with van der Waals surface area (Å²) in [4.78, 5) is 16.9. The van der Waals surface area contributed by atoms with Gasteiger partial charge in [0.2, 0.25) is 5.91 Å². The maximum atomic E-state index is 12.4. The standard InChI is InChI=1S/C16H18N2OS2/c1-11-8-13(17)2-3-14(11)21-10-16(19)18-6-4-15-12(9-18)5-7-20-15/h2-3,5,7-8H,4,6,9-10,17H2,1H3. The first-order valence-corrected chi connectivity index (χ1v) is 8.82. The molecule has 110 valence electrons. The van der Waals surface area contributed by atoms with Crippen molar-refractivity contribution in [2.75, 3.05) is 18.0 Å². The maximum Gasteiger partial charge on any atom is 0.233 e. The first-order chi connectivity index (χ1) is 10.1. The number of thioether (sulfide) groups is 1. The Labute approximate surface area is 133 Å². The minimum Gasteiger partial charge on any atom is -0.399 e. The zero-order valence-corrected chi connectivity index (χ0v) is 13.6. The molecular weight excluding hydrogens is 300 g/mol. The van der Waals surface area contributed by atoms with E-state index in [1.54, 1.807) is 23.1 Å². The van der Waals surface area contributed by atoms with Gasteiger partial charge in [-0.3, -0.25) is 4.79 Å². The molecule has 1 aliphatic heterocycles. The minimum atomic E-state index is 0.216. The predicted octanol–water partition coefficient (Wildman–Crippen LogP) is 3.32. The van der Waals surface area contributed by atoms with Gasteiger partial charge in [-0.05, 0) is 54.1 Å². The molecule has 1 amide bonds. The molecule has 0 aliphatic carbocycles. The van der Waals surface area contributed by atoms with Crippen molar-refractivity contribution < 1.29 is 4.79 Å². The molecule has 0 atom stereocenters. The molecule has 0 saturated heterocycles. The number of hydrogen-bond donors (Lipinski definition) is 1. The van der Waals surface area contributed by atoms with Crippen LogP contribution in [0.2, 0.25) is 0 Å². The summed E-state index contributed by atoms with van der Waals surface area (Å²) in [5.74, 6) is 0.706. The number of nitrogens with zero attached hydrogens (tertiary/aromatic N) is 1. The van der Waals surface area contributed by atoms with Crippen LogP contribution in [-0.4, -0.2) is 23.1 Å². The Morgan fingerprint density at radius 2 is 2.29 bits per heavy atom. The van der Waals surface area contributed by atoms with E-state index >= 15 is 0 Å². The first kappa shape index (κ1) is 14.5. The highest BCUT2D eigenvalue weighted by Crippen LogP contribution is 2.27. The number of benzene rings is 1. The summed E-state index contributed by atoms with van der Waals surface area (Å²) in [5.41, 5.74) is 8.96. The summed E-state index contributed by atoms with van der Waals surface area (Å²) < 4.78 is 0. The van der Waals surface area contributed by atoms with Crippen molar-refractivity contribution in [3.63, 3.8) is 0 Å². The summed E-state index contributed by atoms with van der Waals surface area (Å²) >= 11 is 3.39. The Balaban J connectivity index is 1.60. The highest BCUT2D eigenvalue weighted by Gasteiger charge is 2.21. The van der Waals surface area contributed by atoms with E-state index in [1.165, 1.54) is 10.4 Å². The smallest absolute Gasteiger partial charge is 0.233 e. The Morgan fingerprint density at radius 1 is 1.43 bits per heavy atom. The number of carbonyl (C=O) groups is 1. The van der Waals surface area contributed by atoms with Crippen LogP contribution in [0.3, 0.4) is 0 Å². The molecule has 5 heteroatoms. The number of anilines is 1. The second kappa shape index (κ2) is 6.12. The molecule has 3 rings (SSSR count). The monoisotopic (exact) mass is 318 g/mol. The number of carbonyl (C=O) groups excluding carboxylic acids is 1. The summed E-state index contributed by atoms with van der Waals surface area (Å²) in [6.07, 6.45) is 0.990. The summed E-state index contributed by atoms with van der Waals surface area (Å²) in [7, 11) is 0. The van der Waals surface area contributed by atoms with E-state index in [1.807, 2.05) is 30.0 Å². The van der Waals surface area contributed by atoms with Crippen LogP contribution in [0.25, 0.3) is 0 Å². The number of thiophene rings is 1. The zero-order chi connectivity index (χ0) is 14.8. The van der Waals surface area contributed by atoms with Crippen molar-refractivity contribution in [3.05, 3.63) is 45.6 Å². The van der Waals surface area contributed by atoms with Gasteiger partial charge in [0.05, 0.1) is 5.75 Å². The molecular formula is C16H18N2OS2. The average molecular weight is 318 g/mol. The van der Waals surface area contributed by atoms with Crippen molar-refractivity contribution in [2.24, 2.45) is 0 Å². The van der Waals surface area contributed by atoms with Crippen molar-refractivity contribution in [1.82, 2.24) is 4.90 Å². The van der Waals surface area contributed by atoms with Crippen LogP contribution in [-0.2, 0) is 17.8 Å². The summed E-state index contributed by atoms with van der Waals surface area (Å²) in [6, 6.07) is 7.97. The molecule has 1 aliphatic rings. The number of nitrogen functional groups attached to an aromatic ring is 1. The fourth-order valence-electron chi connectivity index (χ4n) is 2.53. The number of hydrogen-bond acceptors (Lipinski definition) is 4. The molecule has 1 aromatic carbocycles. The van der Waals surface area contributed by atoms with Gasteiger partial charge in [0, 0.05) is 28.5 Å². The number of amides is 1. The lowest BCUT2D eigenvalue weighted by Crippen LogP contribution is -2.36. The van der Waals surface area contributed by atoms with Gasteiger partial charge in [-0.2, -0.15) is 0 Å². The lowest BCUT2D eigenvalue weighted by atomic mass is 10.1. The fourth-order valence-corrected chi connectivity index (χ4v) is 4.33. The molecule has 2 N–H and O–H groups in total. The van der Waals surface area contributed by atoms with Gasteiger partial charge >= 0.3 is 0 Å². The molecule has 0 radical (unpaired) electrons. The van der Waals surface area contributed by atoms with Gasteiger partial charge in [0.25, 0.3) is 0 Å². The van der Waals surface area contributed by atoms with Gasteiger partial charge in [-0.25, -0.2) is 0 Å². The predicted molar refractivity (Wildman–Crippen MR) is 89.8 cm³/mol. The van der Waals surface area contributed by atoms with Gasteiger partial charge < -0.3 is 10.6 Å². The zero-order valence-electron chi connectivity index (χ0n) is 12.0. The van der Waals surface area contributed by atoms with Crippen LogP contribution >= 0.6 is 23.1 Å². The molecule has 0 unspecified atom stereocenters. The third kappa shape index (κ3) is 3.24. The van der Waals surface area contributed by atoms with Crippen LogP contribution in [0, 0.1) is 6.92 Å². The molecule has 2 heterocycles. The fraction of sp³-hybridized carbons (Fsp3) is 0.312. The molecule has 0 bridgehead atoms. The van der Waals surface area contributed by atoms with Crippen LogP contribution in [0.5, 0.6) is 0 Å². The quantitative estimate of drug-likeness (QED) is 0.697. The van der Waals surface area contributed by atoms with E-state index < -0.39 is 0 Å².